The van der Waals surface area contributed by atoms with Crippen molar-refractivity contribution in [2.75, 3.05) is 0 Å². The summed E-state index contributed by atoms with van der Waals surface area (Å²) in [6, 6.07) is 42.9. The van der Waals surface area contributed by atoms with Gasteiger partial charge in [0.15, 0.2) is 11.6 Å². The number of hydrogen-bond donors (Lipinski definition) is 0. The second-order valence-corrected chi connectivity index (χ2v) is 14.4. The van der Waals surface area contributed by atoms with E-state index in [-0.39, 0.29) is 20.1 Å². The highest BCUT2D eigenvalue weighted by atomic mass is 16.1. The average Bonchev–Trinajstić information content (AvgIpc) is 3.17. The van der Waals surface area contributed by atoms with E-state index in [0.29, 0.717) is 0 Å². The number of benzene rings is 6. The molecule has 2 nitrogen and oxygen atoms in total. The summed E-state index contributed by atoms with van der Waals surface area (Å²) in [4.78, 5) is 24.1. The fourth-order valence-electron chi connectivity index (χ4n) is 5.57. The smallest absolute Gasteiger partial charge is 0.185 e. The largest absolute Gasteiger partial charge is 0.289 e. The number of aryl methyl sites for hydroxylation is 9. The normalized spacial score (nSPS) is 10.9. The summed E-state index contributed by atoms with van der Waals surface area (Å²) in [5.74, 6) is 0.0867. The van der Waals surface area contributed by atoms with E-state index >= 15 is 0 Å². The summed E-state index contributed by atoms with van der Waals surface area (Å²) < 4.78 is 0. The van der Waals surface area contributed by atoms with E-state index in [1.807, 2.05) is 113 Å². The van der Waals surface area contributed by atoms with Crippen LogP contribution in [0.2, 0.25) is 0 Å². The van der Waals surface area contributed by atoms with Gasteiger partial charge in [-0.1, -0.05) is 168 Å². The molecule has 0 saturated carbocycles. The molecule has 0 N–H and O–H groups in total. The van der Waals surface area contributed by atoms with Crippen molar-refractivity contribution in [2.45, 2.75) is 62.3 Å². The molecule has 2 heteroatoms. The first kappa shape index (κ1) is 41.6. The average molecular weight is 735 g/mol. The minimum absolute atomic E-state index is 0. The second kappa shape index (κ2) is 20.4. The SMILES string of the molecule is Cc1ccc(C(=O)C=Cc2ccc(C)cc2C)cc1.Cc1ccc(C=CC(=O)c2ccc(C)c(C)c2)cc1.Cc1ccc(C=Cc2ccc(C)c(C)c2)cc1.[HH].[HH].[HH].[HH].[HH].[HH]. The van der Waals surface area contributed by atoms with E-state index in [1.54, 1.807) is 12.2 Å². The van der Waals surface area contributed by atoms with Crippen molar-refractivity contribution in [1.82, 2.24) is 0 Å². The van der Waals surface area contributed by atoms with Gasteiger partial charge < -0.3 is 0 Å². The molecular weight excluding hydrogens is 669 g/mol. The molecule has 0 bridgehead atoms. The highest BCUT2D eigenvalue weighted by Crippen LogP contribution is 2.16. The van der Waals surface area contributed by atoms with E-state index in [4.69, 9.17) is 0 Å². The van der Waals surface area contributed by atoms with Crippen LogP contribution in [0.25, 0.3) is 24.3 Å². The molecule has 0 unspecified atom stereocenters. The van der Waals surface area contributed by atoms with Crippen molar-refractivity contribution >= 4 is 35.9 Å². The molecule has 290 valence electrons. The van der Waals surface area contributed by atoms with Crippen LogP contribution in [-0.4, -0.2) is 11.6 Å². The molecule has 0 heterocycles. The number of carbonyl (C=O) groups excluding carboxylic acids is 2. The van der Waals surface area contributed by atoms with E-state index < -0.39 is 0 Å². The number of carbonyl (C=O) groups is 2. The first-order valence-corrected chi connectivity index (χ1v) is 18.8. The second-order valence-electron chi connectivity index (χ2n) is 14.4. The zero-order chi connectivity index (χ0) is 39.9. The van der Waals surface area contributed by atoms with Crippen molar-refractivity contribution in [2.24, 2.45) is 0 Å². The summed E-state index contributed by atoms with van der Waals surface area (Å²) in [5.41, 5.74) is 17.3. The van der Waals surface area contributed by atoms with E-state index in [0.717, 1.165) is 33.4 Å². The third-order valence-corrected chi connectivity index (χ3v) is 9.55. The Kier molecular flexibility index (Phi) is 15.4. The summed E-state index contributed by atoms with van der Waals surface area (Å²) in [6.07, 6.45) is 11.3. The van der Waals surface area contributed by atoms with Gasteiger partial charge in [0.1, 0.15) is 0 Å². The van der Waals surface area contributed by atoms with E-state index in [9.17, 15) is 9.59 Å². The molecule has 55 heavy (non-hydrogen) atoms. The predicted octanol–water partition coefficient (Wildman–Crippen LogP) is 15.3. The van der Waals surface area contributed by atoms with Gasteiger partial charge in [-0.2, -0.15) is 0 Å². The Bertz CT molecular complexity index is 2320. The third kappa shape index (κ3) is 13.7. The van der Waals surface area contributed by atoms with Gasteiger partial charge in [-0.25, -0.2) is 0 Å². The zero-order valence-electron chi connectivity index (χ0n) is 33.9. The van der Waals surface area contributed by atoms with Gasteiger partial charge in [0, 0.05) is 19.7 Å². The topological polar surface area (TPSA) is 34.1 Å². The maximum Gasteiger partial charge on any atom is 0.185 e. The van der Waals surface area contributed by atoms with Gasteiger partial charge in [0.2, 0.25) is 0 Å². The van der Waals surface area contributed by atoms with Crippen molar-refractivity contribution < 1.29 is 18.1 Å². The molecule has 0 atom stereocenters. The molecule has 0 aliphatic carbocycles. The molecule has 0 fully saturated rings. The number of ketones is 2. The lowest BCUT2D eigenvalue weighted by molar-refractivity contribution is 0.103. The van der Waals surface area contributed by atoms with Crippen molar-refractivity contribution in [1.29, 1.82) is 0 Å². The summed E-state index contributed by atoms with van der Waals surface area (Å²) >= 11 is 0. The molecule has 0 amide bonds. The predicted molar refractivity (Wildman–Crippen MR) is 250 cm³/mol. The van der Waals surface area contributed by atoms with Gasteiger partial charge in [-0.3, -0.25) is 9.59 Å². The van der Waals surface area contributed by atoms with Crippen LogP contribution in [-0.2, 0) is 0 Å². The highest BCUT2D eigenvalue weighted by molar-refractivity contribution is 6.07. The molecule has 6 aromatic carbocycles. The van der Waals surface area contributed by atoms with Crippen LogP contribution < -0.4 is 0 Å². The molecule has 0 spiro atoms. The van der Waals surface area contributed by atoms with Gasteiger partial charge in [-0.15, -0.1) is 0 Å². The van der Waals surface area contributed by atoms with Crippen LogP contribution in [0.4, 0.5) is 0 Å². The fraction of sp³-hybridized carbons (Fsp3) is 0.170. The quantitative estimate of drug-likeness (QED) is 0.0886. The van der Waals surface area contributed by atoms with Gasteiger partial charge in [0.05, 0.1) is 0 Å². The van der Waals surface area contributed by atoms with Crippen LogP contribution in [0.5, 0.6) is 0 Å². The molecule has 0 saturated heterocycles. The van der Waals surface area contributed by atoms with Gasteiger partial charge >= 0.3 is 0 Å². The molecule has 0 aliphatic heterocycles. The van der Waals surface area contributed by atoms with Crippen LogP contribution in [0.15, 0.2) is 140 Å². The molecule has 6 aromatic rings. The van der Waals surface area contributed by atoms with Crippen LogP contribution in [0, 0.1) is 62.3 Å². The monoisotopic (exact) mass is 735 g/mol. The Balaban J connectivity index is -0.000000790. The van der Waals surface area contributed by atoms with Crippen molar-refractivity contribution in [3.63, 3.8) is 0 Å². The molecule has 6 rings (SSSR count). The minimum Gasteiger partial charge on any atom is -0.289 e. The lowest BCUT2D eigenvalue weighted by Gasteiger charge is -2.02. The number of allylic oxidation sites excluding steroid dienone is 2. The summed E-state index contributed by atoms with van der Waals surface area (Å²) in [7, 11) is 0. The standard InChI is InChI=1S/2C18H18O.C17H18.6H2/c1-13-4-8-17(9-5-13)18(19)11-10-16-7-6-14(2)12-15(16)3;1-13-4-7-16(8-5-13)9-11-18(19)17-10-6-14(2)15(3)12-17;1-13-4-7-16(8-5-13)10-11-17-9-6-14(2)15(3)12-17;;;;;;/h2*4-12H,1-3H3;4-12H,1-3H3;6*1H. The molecule has 0 aromatic heterocycles. The first-order chi connectivity index (χ1) is 26.3. The lowest BCUT2D eigenvalue weighted by atomic mass is 10.0. The summed E-state index contributed by atoms with van der Waals surface area (Å²) in [6.45, 7) is 18.7. The van der Waals surface area contributed by atoms with Gasteiger partial charge in [-0.05, 0) is 131 Å². The number of rotatable bonds is 8. The summed E-state index contributed by atoms with van der Waals surface area (Å²) in [5, 5.41) is 0. The van der Waals surface area contributed by atoms with Crippen molar-refractivity contribution in [3.05, 3.63) is 223 Å². The zero-order valence-corrected chi connectivity index (χ0v) is 33.9. The highest BCUT2D eigenvalue weighted by Gasteiger charge is 2.04. The molecule has 0 radical (unpaired) electrons. The Morgan fingerprint density at radius 1 is 0.345 bits per heavy atom. The fourth-order valence-corrected chi connectivity index (χ4v) is 5.57. The minimum atomic E-state index is 0. The first-order valence-electron chi connectivity index (χ1n) is 18.8. The third-order valence-electron chi connectivity index (χ3n) is 9.55. The van der Waals surface area contributed by atoms with Crippen LogP contribution in [0.3, 0.4) is 0 Å². The molecule has 0 aliphatic rings. The van der Waals surface area contributed by atoms with Crippen molar-refractivity contribution in [3.8, 4) is 0 Å². The lowest BCUT2D eigenvalue weighted by Crippen LogP contribution is -1.95. The Labute approximate surface area is 338 Å². The Morgan fingerprint density at radius 2 is 0.764 bits per heavy atom. The van der Waals surface area contributed by atoms with Gasteiger partial charge in [0.25, 0.3) is 0 Å². The maximum absolute atomic E-state index is 12.1. The van der Waals surface area contributed by atoms with Crippen LogP contribution >= 0.6 is 0 Å². The van der Waals surface area contributed by atoms with Crippen LogP contribution in [0.1, 0.15) is 102 Å². The molecular formula is C53H66O2. The number of hydrogen-bond acceptors (Lipinski definition) is 2. The van der Waals surface area contributed by atoms with E-state index in [2.05, 4.69) is 101 Å². The van der Waals surface area contributed by atoms with E-state index in [1.165, 1.54) is 50.1 Å². The Morgan fingerprint density at radius 3 is 1.31 bits per heavy atom. The Hall–Kier alpha value is -6.12. The maximum atomic E-state index is 12.1.